The SMILES string of the molecule is Nc1ncc2c(n1)C1(CCCN(C(=O)c3nc4c(s3)CCCC4)C1)CC2. The van der Waals surface area contributed by atoms with Crippen molar-refractivity contribution >= 4 is 23.2 Å². The number of rotatable bonds is 1. The summed E-state index contributed by atoms with van der Waals surface area (Å²) in [5, 5.41) is 0.675. The molecule has 0 bridgehead atoms. The van der Waals surface area contributed by atoms with E-state index in [1.54, 1.807) is 11.3 Å². The number of amides is 1. The van der Waals surface area contributed by atoms with Crippen molar-refractivity contribution in [2.24, 2.45) is 0 Å². The Labute approximate surface area is 156 Å². The standard InChI is InChI=1S/C19H23N5OS/c20-18-21-10-12-6-8-19(15(12)23-18)7-3-9-24(11-19)17(25)16-22-13-4-1-2-5-14(13)26-16/h10H,1-9,11H2,(H2,20,21,23). The number of carbonyl (C=O) groups is 1. The highest BCUT2D eigenvalue weighted by atomic mass is 32.1. The Balaban J connectivity index is 1.42. The molecule has 5 rings (SSSR count). The summed E-state index contributed by atoms with van der Waals surface area (Å²) in [7, 11) is 0. The van der Waals surface area contributed by atoms with E-state index >= 15 is 0 Å². The first-order valence-corrected chi connectivity index (χ1v) is 10.4. The molecule has 0 radical (unpaired) electrons. The van der Waals surface area contributed by atoms with Crippen molar-refractivity contribution < 1.29 is 4.79 Å². The molecular formula is C19H23N5OS. The molecule has 26 heavy (non-hydrogen) atoms. The summed E-state index contributed by atoms with van der Waals surface area (Å²) in [6.45, 7) is 1.53. The van der Waals surface area contributed by atoms with Gasteiger partial charge in [0, 0.05) is 29.6 Å². The van der Waals surface area contributed by atoms with E-state index in [0.717, 1.165) is 63.0 Å². The second kappa shape index (κ2) is 6.01. The zero-order valence-electron chi connectivity index (χ0n) is 14.8. The monoisotopic (exact) mass is 369 g/mol. The lowest BCUT2D eigenvalue weighted by molar-refractivity contribution is 0.0633. The number of hydrogen-bond donors (Lipinski definition) is 1. The van der Waals surface area contributed by atoms with Crippen molar-refractivity contribution in [2.75, 3.05) is 18.8 Å². The van der Waals surface area contributed by atoms with E-state index in [0.29, 0.717) is 11.0 Å². The van der Waals surface area contributed by atoms with Crippen LogP contribution in [0.4, 0.5) is 5.95 Å². The average molecular weight is 369 g/mol. The van der Waals surface area contributed by atoms with Gasteiger partial charge in [-0.05, 0) is 56.9 Å². The molecule has 7 heteroatoms. The number of nitrogens with zero attached hydrogens (tertiary/aromatic N) is 4. The zero-order valence-corrected chi connectivity index (χ0v) is 15.6. The lowest BCUT2D eigenvalue weighted by Crippen LogP contribution is -2.48. The summed E-state index contributed by atoms with van der Waals surface area (Å²) in [6.07, 6.45) is 10.4. The summed E-state index contributed by atoms with van der Waals surface area (Å²) in [6, 6.07) is 0. The molecule has 2 aliphatic carbocycles. The van der Waals surface area contributed by atoms with Crippen LogP contribution in [0.2, 0.25) is 0 Å². The van der Waals surface area contributed by atoms with Gasteiger partial charge in [-0.2, -0.15) is 0 Å². The molecule has 1 aliphatic heterocycles. The zero-order chi connectivity index (χ0) is 17.7. The lowest BCUT2D eigenvalue weighted by atomic mass is 9.77. The van der Waals surface area contributed by atoms with Gasteiger partial charge in [-0.3, -0.25) is 4.79 Å². The van der Waals surface area contributed by atoms with Crippen molar-refractivity contribution in [3.05, 3.63) is 33.0 Å². The third-order valence-corrected chi connectivity index (χ3v) is 7.30. The smallest absolute Gasteiger partial charge is 0.282 e. The molecule has 1 spiro atoms. The Morgan fingerprint density at radius 1 is 1.15 bits per heavy atom. The highest BCUT2D eigenvalue weighted by Crippen LogP contribution is 2.44. The fourth-order valence-corrected chi connectivity index (χ4v) is 5.95. The number of likely N-dealkylation sites (tertiary alicyclic amines) is 1. The first kappa shape index (κ1) is 16.2. The minimum absolute atomic E-state index is 0.0584. The Bertz CT molecular complexity index is 851. The summed E-state index contributed by atoms with van der Waals surface area (Å²) >= 11 is 1.61. The second-order valence-corrected chi connectivity index (χ2v) is 8.89. The van der Waals surface area contributed by atoms with Crippen molar-refractivity contribution in [1.82, 2.24) is 19.9 Å². The van der Waals surface area contributed by atoms with Crippen molar-refractivity contribution in [3.63, 3.8) is 0 Å². The topological polar surface area (TPSA) is 85.0 Å². The molecule has 2 N–H and O–H groups in total. The fraction of sp³-hybridized carbons (Fsp3) is 0.579. The van der Waals surface area contributed by atoms with Gasteiger partial charge >= 0.3 is 0 Å². The van der Waals surface area contributed by atoms with E-state index in [4.69, 9.17) is 5.73 Å². The quantitative estimate of drug-likeness (QED) is 0.835. The van der Waals surface area contributed by atoms with E-state index in [2.05, 4.69) is 15.0 Å². The predicted octanol–water partition coefficient (Wildman–Crippen LogP) is 2.51. The normalized spacial score (nSPS) is 24.5. The molecule has 1 fully saturated rings. The van der Waals surface area contributed by atoms with Crippen LogP contribution < -0.4 is 5.73 Å². The van der Waals surface area contributed by atoms with Gasteiger partial charge in [-0.25, -0.2) is 15.0 Å². The van der Waals surface area contributed by atoms with E-state index in [9.17, 15) is 4.79 Å². The molecule has 1 saturated heterocycles. The highest BCUT2D eigenvalue weighted by molar-refractivity contribution is 7.13. The van der Waals surface area contributed by atoms with Gasteiger partial charge in [-0.15, -0.1) is 11.3 Å². The van der Waals surface area contributed by atoms with Crippen LogP contribution in [0.25, 0.3) is 0 Å². The van der Waals surface area contributed by atoms with Crippen molar-refractivity contribution in [1.29, 1.82) is 0 Å². The van der Waals surface area contributed by atoms with Crippen LogP contribution in [0, 0.1) is 0 Å². The van der Waals surface area contributed by atoms with E-state index in [1.165, 1.54) is 23.3 Å². The largest absolute Gasteiger partial charge is 0.368 e. The van der Waals surface area contributed by atoms with E-state index in [1.807, 2.05) is 11.1 Å². The predicted molar refractivity (Wildman–Crippen MR) is 100 cm³/mol. The Kier molecular flexibility index (Phi) is 3.74. The molecule has 1 atom stereocenters. The summed E-state index contributed by atoms with van der Waals surface area (Å²) < 4.78 is 0. The summed E-state index contributed by atoms with van der Waals surface area (Å²) in [5.74, 6) is 0.431. The first-order chi connectivity index (χ1) is 12.6. The third-order valence-electron chi connectivity index (χ3n) is 6.15. The molecule has 1 unspecified atom stereocenters. The second-order valence-electron chi connectivity index (χ2n) is 7.81. The number of anilines is 1. The minimum Gasteiger partial charge on any atom is -0.368 e. The van der Waals surface area contributed by atoms with Crippen molar-refractivity contribution in [2.45, 2.75) is 56.8 Å². The lowest BCUT2D eigenvalue weighted by Gasteiger charge is -2.40. The minimum atomic E-state index is -0.0584. The number of fused-ring (bicyclic) bond motifs is 3. The van der Waals surface area contributed by atoms with Crippen LogP contribution in [0.1, 0.15) is 63.7 Å². The van der Waals surface area contributed by atoms with Gasteiger partial charge in [0.25, 0.3) is 5.91 Å². The number of thiazole rings is 1. The van der Waals surface area contributed by atoms with Crippen LogP contribution in [0.15, 0.2) is 6.20 Å². The number of piperidine rings is 1. The van der Waals surface area contributed by atoms with Crippen LogP contribution in [0.3, 0.4) is 0 Å². The molecule has 136 valence electrons. The van der Waals surface area contributed by atoms with Gasteiger partial charge in [0.15, 0.2) is 5.01 Å². The molecule has 0 aromatic carbocycles. The Hall–Kier alpha value is -2.02. The van der Waals surface area contributed by atoms with Gasteiger partial charge in [0.2, 0.25) is 5.95 Å². The maximum absolute atomic E-state index is 13.2. The van der Waals surface area contributed by atoms with Gasteiger partial charge < -0.3 is 10.6 Å². The number of carbonyl (C=O) groups excluding carboxylic acids is 1. The van der Waals surface area contributed by atoms with Crippen LogP contribution >= 0.6 is 11.3 Å². The molecule has 1 amide bonds. The third kappa shape index (κ3) is 2.52. The van der Waals surface area contributed by atoms with Gasteiger partial charge in [0.1, 0.15) is 0 Å². The average Bonchev–Trinajstić information content (AvgIpc) is 3.24. The molecule has 3 aliphatic rings. The Morgan fingerprint density at radius 3 is 2.92 bits per heavy atom. The number of nitrogen functional groups attached to an aromatic ring is 1. The number of aryl methyl sites for hydroxylation is 3. The van der Waals surface area contributed by atoms with Gasteiger partial charge in [-0.1, -0.05) is 0 Å². The number of nitrogens with two attached hydrogens (primary N) is 1. The van der Waals surface area contributed by atoms with Crippen LogP contribution in [-0.2, 0) is 24.7 Å². The molecule has 2 aromatic rings. The maximum Gasteiger partial charge on any atom is 0.282 e. The van der Waals surface area contributed by atoms with E-state index in [-0.39, 0.29) is 11.3 Å². The number of aromatic nitrogens is 3. The maximum atomic E-state index is 13.2. The molecule has 0 saturated carbocycles. The first-order valence-electron chi connectivity index (χ1n) is 9.54. The molecule has 3 heterocycles. The molecule has 6 nitrogen and oxygen atoms in total. The Morgan fingerprint density at radius 2 is 2.04 bits per heavy atom. The van der Waals surface area contributed by atoms with Crippen LogP contribution in [0.5, 0.6) is 0 Å². The van der Waals surface area contributed by atoms with Gasteiger partial charge in [0.05, 0.1) is 11.4 Å². The summed E-state index contributed by atoms with van der Waals surface area (Å²) in [4.78, 5) is 29.9. The molecule has 2 aromatic heterocycles. The molecular weight excluding hydrogens is 346 g/mol. The highest BCUT2D eigenvalue weighted by Gasteiger charge is 2.45. The fourth-order valence-electron chi connectivity index (χ4n) is 4.84. The van der Waals surface area contributed by atoms with Crippen molar-refractivity contribution in [3.8, 4) is 0 Å². The van der Waals surface area contributed by atoms with E-state index < -0.39 is 0 Å². The van der Waals surface area contributed by atoms with Crippen LogP contribution in [-0.4, -0.2) is 38.8 Å². The summed E-state index contributed by atoms with van der Waals surface area (Å²) in [5.41, 5.74) is 9.21. The number of hydrogen-bond acceptors (Lipinski definition) is 6.